The van der Waals surface area contributed by atoms with Crippen molar-refractivity contribution in [2.45, 2.75) is 38.8 Å². The largest absolute Gasteiger partial charge is 0.456 e. The molecule has 0 spiro atoms. The first-order chi connectivity index (χ1) is 14.7. The number of aromatic nitrogens is 1. The molecule has 0 saturated carbocycles. The van der Waals surface area contributed by atoms with Gasteiger partial charge in [-0.15, -0.1) is 0 Å². The second-order valence-electron chi connectivity index (χ2n) is 8.16. The molecule has 1 aromatic heterocycles. The lowest BCUT2D eigenvalue weighted by atomic mass is 10.1. The lowest BCUT2D eigenvalue weighted by Crippen LogP contribution is -2.45. The maximum absolute atomic E-state index is 12.8. The van der Waals surface area contributed by atoms with Gasteiger partial charge in [0.1, 0.15) is 11.6 Å². The van der Waals surface area contributed by atoms with E-state index < -0.39 is 30.3 Å². The van der Waals surface area contributed by atoms with E-state index in [1.807, 2.05) is 24.3 Å². The molecule has 2 aromatic carbocycles. The summed E-state index contributed by atoms with van der Waals surface area (Å²) < 4.78 is 10.5. The number of rotatable bonds is 7. The van der Waals surface area contributed by atoms with Crippen LogP contribution in [-0.4, -0.2) is 41.1 Å². The molecule has 0 fully saturated rings. The summed E-state index contributed by atoms with van der Waals surface area (Å²) in [6.45, 7) is 4.79. The van der Waals surface area contributed by atoms with Crippen LogP contribution in [0.3, 0.4) is 0 Å². The zero-order chi connectivity index (χ0) is 22.4. The van der Waals surface area contributed by atoms with Crippen molar-refractivity contribution in [1.29, 1.82) is 0 Å². The van der Waals surface area contributed by atoms with Crippen LogP contribution in [0.4, 0.5) is 4.79 Å². The third kappa shape index (κ3) is 6.18. The average Bonchev–Trinajstić information content (AvgIpc) is 3.13. The van der Waals surface area contributed by atoms with E-state index >= 15 is 0 Å². The minimum atomic E-state index is -1.02. The van der Waals surface area contributed by atoms with Crippen LogP contribution < -0.4 is 5.32 Å². The zero-order valence-corrected chi connectivity index (χ0v) is 17.8. The summed E-state index contributed by atoms with van der Waals surface area (Å²) in [6.07, 6.45) is 1.24. The number of ether oxygens (including phenoxy) is 2. The third-order valence-electron chi connectivity index (χ3n) is 4.52. The lowest BCUT2D eigenvalue weighted by Gasteiger charge is -2.23. The molecule has 1 heterocycles. The average molecular weight is 422 g/mol. The summed E-state index contributed by atoms with van der Waals surface area (Å²) in [7, 11) is 0. The van der Waals surface area contributed by atoms with Crippen molar-refractivity contribution in [3.8, 4) is 0 Å². The molecular weight excluding hydrogens is 396 g/mol. The molecule has 2 N–H and O–H groups in total. The van der Waals surface area contributed by atoms with E-state index in [2.05, 4.69) is 10.3 Å². The Morgan fingerprint density at radius 2 is 1.68 bits per heavy atom. The van der Waals surface area contributed by atoms with Gasteiger partial charge in [0.15, 0.2) is 12.4 Å². The molecule has 0 unspecified atom stereocenters. The van der Waals surface area contributed by atoms with Crippen molar-refractivity contribution in [1.82, 2.24) is 10.3 Å². The molecule has 31 heavy (non-hydrogen) atoms. The Morgan fingerprint density at radius 1 is 1.00 bits per heavy atom. The molecule has 3 aromatic rings. The number of aromatic amines is 1. The van der Waals surface area contributed by atoms with Gasteiger partial charge in [-0.05, 0) is 32.4 Å². The monoisotopic (exact) mass is 422 g/mol. The van der Waals surface area contributed by atoms with Crippen LogP contribution in [0.15, 0.2) is 60.8 Å². The number of para-hydroxylation sites is 1. The Balaban J connectivity index is 1.73. The van der Waals surface area contributed by atoms with Gasteiger partial charge >= 0.3 is 12.1 Å². The van der Waals surface area contributed by atoms with Crippen LogP contribution in [0.25, 0.3) is 10.9 Å². The number of alkyl carbamates (subject to hydrolysis) is 1. The molecule has 0 saturated heterocycles. The van der Waals surface area contributed by atoms with Crippen LogP contribution in [0.2, 0.25) is 0 Å². The predicted octanol–water partition coefficient (Wildman–Crippen LogP) is 4.03. The third-order valence-corrected chi connectivity index (χ3v) is 4.52. The first kappa shape index (κ1) is 22.1. The lowest BCUT2D eigenvalue weighted by molar-refractivity contribution is -0.145. The fourth-order valence-corrected chi connectivity index (χ4v) is 3.11. The Hall–Kier alpha value is -3.61. The van der Waals surface area contributed by atoms with Gasteiger partial charge in [-0.3, -0.25) is 4.79 Å². The quantitative estimate of drug-likeness (QED) is 0.443. The molecule has 0 radical (unpaired) electrons. The number of carbonyl (C=O) groups is 3. The summed E-state index contributed by atoms with van der Waals surface area (Å²) in [6, 6.07) is 15.2. The maximum atomic E-state index is 12.8. The number of esters is 1. The SMILES string of the molecule is CC(C)(C)OC(=O)N[C@H](Cc1c[nH]c2ccccc12)C(=O)OCC(=O)c1ccccc1. The van der Waals surface area contributed by atoms with Gasteiger partial charge in [0.25, 0.3) is 0 Å². The van der Waals surface area contributed by atoms with Crippen molar-refractivity contribution < 1.29 is 23.9 Å². The number of carbonyl (C=O) groups excluding carboxylic acids is 3. The Kier molecular flexibility index (Phi) is 6.74. The molecular formula is C24H26N2O5. The summed E-state index contributed by atoms with van der Waals surface area (Å²) in [4.78, 5) is 40.5. The highest BCUT2D eigenvalue weighted by atomic mass is 16.6. The van der Waals surface area contributed by atoms with Crippen molar-refractivity contribution >= 4 is 28.7 Å². The van der Waals surface area contributed by atoms with E-state index in [-0.39, 0.29) is 12.2 Å². The van der Waals surface area contributed by atoms with Crippen molar-refractivity contribution in [3.63, 3.8) is 0 Å². The van der Waals surface area contributed by atoms with Crippen LogP contribution >= 0.6 is 0 Å². The fraction of sp³-hybridized carbons (Fsp3) is 0.292. The zero-order valence-electron chi connectivity index (χ0n) is 17.8. The smallest absolute Gasteiger partial charge is 0.408 e. The number of amides is 1. The Labute approximate surface area is 180 Å². The number of hydrogen-bond acceptors (Lipinski definition) is 5. The van der Waals surface area contributed by atoms with Crippen molar-refractivity contribution in [3.05, 3.63) is 71.9 Å². The molecule has 0 aliphatic rings. The van der Waals surface area contributed by atoms with E-state index in [0.717, 1.165) is 16.5 Å². The second-order valence-corrected chi connectivity index (χ2v) is 8.16. The molecule has 0 bridgehead atoms. The van der Waals surface area contributed by atoms with Crippen LogP contribution in [0.1, 0.15) is 36.7 Å². The molecule has 1 atom stereocenters. The molecule has 0 aliphatic heterocycles. The van der Waals surface area contributed by atoms with E-state index in [0.29, 0.717) is 5.56 Å². The summed E-state index contributed by atoms with van der Waals surface area (Å²) in [5, 5.41) is 3.52. The molecule has 0 aliphatic carbocycles. The number of benzene rings is 2. The normalized spacial score (nSPS) is 12.2. The standard InChI is InChI=1S/C24H26N2O5/c1-24(2,3)31-23(29)26-20(13-17-14-25-19-12-8-7-11-18(17)19)22(28)30-15-21(27)16-9-5-4-6-10-16/h4-12,14,20,25H,13,15H2,1-3H3,(H,26,29)/t20-/m1/s1. The van der Waals surface area contributed by atoms with E-state index in [4.69, 9.17) is 9.47 Å². The van der Waals surface area contributed by atoms with Gasteiger partial charge in [0.2, 0.25) is 0 Å². The Morgan fingerprint density at radius 3 is 2.39 bits per heavy atom. The first-order valence-electron chi connectivity index (χ1n) is 10.0. The number of ketones is 1. The number of Topliss-reactive ketones (excluding diaryl/α,β-unsaturated/α-hetero) is 1. The number of H-pyrrole nitrogens is 1. The topological polar surface area (TPSA) is 97.5 Å². The molecule has 3 rings (SSSR count). The van der Waals surface area contributed by atoms with Crippen molar-refractivity contribution in [2.24, 2.45) is 0 Å². The summed E-state index contributed by atoms with van der Waals surface area (Å²) in [5.41, 5.74) is 1.48. The maximum Gasteiger partial charge on any atom is 0.408 e. The van der Waals surface area contributed by atoms with Gasteiger partial charge in [-0.25, -0.2) is 9.59 Å². The van der Waals surface area contributed by atoms with Crippen molar-refractivity contribution in [2.75, 3.05) is 6.61 Å². The molecule has 7 heteroatoms. The highest BCUT2D eigenvalue weighted by molar-refractivity contribution is 5.98. The van der Waals surface area contributed by atoms with Gasteiger partial charge in [-0.1, -0.05) is 48.5 Å². The second kappa shape index (κ2) is 9.47. The highest BCUT2D eigenvalue weighted by Crippen LogP contribution is 2.20. The Bertz CT molecular complexity index is 1070. The minimum Gasteiger partial charge on any atom is -0.456 e. The van der Waals surface area contributed by atoms with Crippen LogP contribution in [0, 0.1) is 0 Å². The molecule has 7 nitrogen and oxygen atoms in total. The van der Waals surface area contributed by atoms with Gasteiger partial charge < -0.3 is 19.8 Å². The van der Waals surface area contributed by atoms with Gasteiger partial charge in [0, 0.05) is 29.1 Å². The van der Waals surface area contributed by atoms with Crippen LogP contribution in [0.5, 0.6) is 0 Å². The van der Waals surface area contributed by atoms with Gasteiger partial charge in [0.05, 0.1) is 0 Å². The first-order valence-corrected chi connectivity index (χ1v) is 10.0. The number of hydrogen-bond donors (Lipinski definition) is 2. The molecule has 162 valence electrons. The van der Waals surface area contributed by atoms with E-state index in [9.17, 15) is 14.4 Å². The summed E-state index contributed by atoms with van der Waals surface area (Å²) in [5.74, 6) is -1.03. The van der Waals surface area contributed by atoms with E-state index in [1.165, 1.54) is 0 Å². The number of nitrogens with one attached hydrogen (secondary N) is 2. The van der Waals surface area contributed by atoms with Crippen LogP contribution in [-0.2, 0) is 20.7 Å². The number of fused-ring (bicyclic) bond motifs is 1. The fourth-order valence-electron chi connectivity index (χ4n) is 3.11. The minimum absolute atomic E-state index is 0.182. The highest BCUT2D eigenvalue weighted by Gasteiger charge is 2.27. The predicted molar refractivity (Wildman–Crippen MR) is 117 cm³/mol. The molecule has 1 amide bonds. The summed E-state index contributed by atoms with van der Waals surface area (Å²) >= 11 is 0. The van der Waals surface area contributed by atoms with E-state index in [1.54, 1.807) is 57.3 Å². The van der Waals surface area contributed by atoms with Gasteiger partial charge in [-0.2, -0.15) is 0 Å².